The fourth-order valence-electron chi connectivity index (χ4n) is 3.32. The normalized spacial score (nSPS) is 20.3. The lowest BCUT2D eigenvalue weighted by atomic mass is 9.94. The van der Waals surface area contributed by atoms with Gasteiger partial charge in [-0.15, -0.1) is 0 Å². The van der Waals surface area contributed by atoms with Gasteiger partial charge in [-0.05, 0) is 31.0 Å². The first-order valence-corrected chi connectivity index (χ1v) is 8.00. The van der Waals surface area contributed by atoms with Crippen LogP contribution in [0.1, 0.15) is 34.8 Å². The van der Waals surface area contributed by atoms with Crippen molar-refractivity contribution < 1.29 is 14.3 Å². The maximum Gasteiger partial charge on any atom is 0.257 e. The fraction of sp³-hybridized carbons (Fsp3) is 0.412. The standard InChI is InChI=1S/C17H19N3O3/c21-17(13-4-1-5-15-16(13)23-10-9-22-15)20-8-2-3-12(11-20)14-6-7-18-19-14/h1,4-7,12H,2-3,8-11H2,(H,18,19)/t12-/m0/s1. The Morgan fingerprint density at radius 3 is 3.04 bits per heavy atom. The number of aromatic amines is 1. The predicted molar refractivity (Wildman–Crippen MR) is 83.9 cm³/mol. The van der Waals surface area contributed by atoms with Gasteiger partial charge in [-0.3, -0.25) is 9.89 Å². The number of rotatable bonds is 2. The van der Waals surface area contributed by atoms with Gasteiger partial charge in [-0.2, -0.15) is 5.10 Å². The molecule has 1 atom stereocenters. The maximum atomic E-state index is 13.0. The number of nitrogens with zero attached hydrogens (tertiary/aromatic N) is 2. The molecule has 1 fully saturated rings. The minimum atomic E-state index is 0.0107. The highest BCUT2D eigenvalue weighted by molar-refractivity contribution is 5.98. The Hall–Kier alpha value is -2.50. The molecule has 0 bridgehead atoms. The highest BCUT2D eigenvalue weighted by Crippen LogP contribution is 2.35. The zero-order valence-corrected chi connectivity index (χ0v) is 12.8. The summed E-state index contributed by atoms with van der Waals surface area (Å²) in [7, 11) is 0. The number of fused-ring (bicyclic) bond motifs is 1. The van der Waals surface area contributed by atoms with Crippen LogP contribution in [-0.4, -0.2) is 47.3 Å². The molecule has 120 valence electrons. The van der Waals surface area contributed by atoms with Crippen molar-refractivity contribution in [1.29, 1.82) is 0 Å². The summed E-state index contributed by atoms with van der Waals surface area (Å²) in [6, 6.07) is 7.49. The molecular formula is C17H19N3O3. The first-order valence-electron chi connectivity index (χ1n) is 8.00. The van der Waals surface area contributed by atoms with Crippen molar-refractivity contribution in [3.63, 3.8) is 0 Å². The fourth-order valence-corrected chi connectivity index (χ4v) is 3.32. The molecule has 3 heterocycles. The molecule has 23 heavy (non-hydrogen) atoms. The quantitative estimate of drug-likeness (QED) is 0.923. The summed E-state index contributed by atoms with van der Waals surface area (Å²) in [6.45, 7) is 2.48. The average Bonchev–Trinajstić information content (AvgIpc) is 3.15. The van der Waals surface area contributed by atoms with Gasteiger partial charge >= 0.3 is 0 Å². The van der Waals surface area contributed by atoms with E-state index in [2.05, 4.69) is 10.2 Å². The minimum Gasteiger partial charge on any atom is -0.486 e. The van der Waals surface area contributed by atoms with E-state index >= 15 is 0 Å². The topological polar surface area (TPSA) is 67.5 Å². The molecule has 0 unspecified atom stereocenters. The second kappa shape index (κ2) is 5.95. The van der Waals surface area contributed by atoms with E-state index in [1.54, 1.807) is 6.20 Å². The molecule has 4 rings (SSSR count). The maximum absolute atomic E-state index is 13.0. The van der Waals surface area contributed by atoms with Crippen LogP contribution in [0.25, 0.3) is 0 Å². The van der Waals surface area contributed by atoms with Crippen molar-refractivity contribution in [3.8, 4) is 11.5 Å². The zero-order valence-electron chi connectivity index (χ0n) is 12.8. The lowest BCUT2D eigenvalue weighted by Crippen LogP contribution is -2.39. The zero-order chi connectivity index (χ0) is 15.6. The van der Waals surface area contributed by atoms with E-state index in [4.69, 9.17) is 9.47 Å². The molecule has 0 saturated carbocycles. The number of H-pyrrole nitrogens is 1. The minimum absolute atomic E-state index is 0.0107. The number of piperidine rings is 1. The Morgan fingerprint density at radius 1 is 1.26 bits per heavy atom. The van der Waals surface area contributed by atoms with Crippen LogP contribution in [0, 0.1) is 0 Å². The average molecular weight is 313 g/mol. The predicted octanol–water partition coefficient (Wildman–Crippen LogP) is 2.20. The molecule has 2 aliphatic rings. The van der Waals surface area contributed by atoms with Crippen LogP contribution >= 0.6 is 0 Å². The van der Waals surface area contributed by atoms with Gasteiger partial charge < -0.3 is 14.4 Å². The van der Waals surface area contributed by atoms with Gasteiger partial charge in [0.25, 0.3) is 5.91 Å². The summed E-state index contributed by atoms with van der Waals surface area (Å²) in [6.07, 6.45) is 3.81. The van der Waals surface area contributed by atoms with Gasteiger partial charge in [0.05, 0.1) is 5.56 Å². The number of carbonyl (C=O) groups is 1. The van der Waals surface area contributed by atoms with Crippen LogP contribution in [0.15, 0.2) is 30.5 Å². The van der Waals surface area contributed by atoms with Gasteiger partial charge in [0.1, 0.15) is 13.2 Å². The molecule has 6 nitrogen and oxygen atoms in total. The second-order valence-corrected chi connectivity index (χ2v) is 5.93. The summed E-state index contributed by atoms with van der Waals surface area (Å²) in [5.74, 6) is 1.56. The molecule has 6 heteroatoms. The summed E-state index contributed by atoms with van der Waals surface area (Å²) in [5.41, 5.74) is 1.68. The molecule has 2 aliphatic heterocycles. The van der Waals surface area contributed by atoms with Crippen LogP contribution in [0.3, 0.4) is 0 Å². The Balaban J connectivity index is 1.57. The smallest absolute Gasteiger partial charge is 0.257 e. The van der Waals surface area contributed by atoms with E-state index in [-0.39, 0.29) is 5.91 Å². The van der Waals surface area contributed by atoms with Gasteiger partial charge in [-0.25, -0.2) is 0 Å². The van der Waals surface area contributed by atoms with Crippen LogP contribution in [0.5, 0.6) is 11.5 Å². The molecule has 1 aromatic heterocycles. The molecule has 1 amide bonds. The molecule has 0 spiro atoms. The van der Waals surface area contributed by atoms with Crippen molar-refractivity contribution in [2.45, 2.75) is 18.8 Å². The van der Waals surface area contributed by atoms with Gasteiger partial charge in [0.2, 0.25) is 0 Å². The van der Waals surface area contributed by atoms with E-state index in [9.17, 15) is 4.79 Å². The summed E-state index contributed by atoms with van der Waals surface area (Å²) in [4.78, 5) is 14.9. The van der Waals surface area contributed by atoms with Crippen molar-refractivity contribution in [1.82, 2.24) is 15.1 Å². The molecular weight excluding hydrogens is 294 g/mol. The van der Waals surface area contributed by atoms with Crippen LogP contribution < -0.4 is 9.47 Å². The van der Waals surface area contributed by atoms with Gasteiger partial charge in [0.15, 0.2) is 11.5 Å². The van der Waals surface area contributed by atoms with Crippen molar-refractivity contribution >= 4 is 5.91 Å². The number of para-hydroxylation sites is 1. The Morgan fingerprint density at radius 2 is 2.17 bits per heavy atom. The number of hydrogen-bond donors (Lipinski definition) is 1. The van der Waals surface area contributed by atoms with E-state index in [0.29, 0.717) is 42.7 Å². The number of ether oxygens (including phenoxy) is 2. The number of benzene rings is 1. The molecule has 1 N–H and O–H groups in total. The lowest BCUT2D eigenvalue weighted by Gasteiger charge is -2.33. The van der Waals surface area contributed by atoms with Crippen molar-refractivity contribution in [2.24, 2.45) is 0 Å². The lowest BCUT2D eigenvalue weighted by molar-refractivity contribution is 0.0695. The number of likely N-dealkylation sites (tertiary alicyclic amines) is 1. The first-order chi connectivity index (χ1) is 11.3. The Bertz CT molecular complexity index is 699. The van der Waals surface area contributed by atoms with E-state index in [0.717, 1.165) is 25.1 Å². The summed E-state index contributed by atoms with van der Waals surface area (Å²) < 4.78 is 11.2. The molecule has 2 aromatic rings. The molecule has 1 aromatic carbocycles. The van der Waals surface area contributed by atoms with Gasteiger partial charge in [-0.1, -0.05) is 6.07 Å². The molecule has 1 saturated heterocycles. The van der Waals surface area contributed by atoms with E-state index in [1.165, 1.54) is 0 Å². The Labute approximate surface area is 134 Å². The van der Waals surface area contributed by atoms with Gasteiger partial charge in [0, 0.05) is 30.9 Å². The highest BCUT2D eigenvalue weighted by Gasteiger charge is 2.29. The van der Waals surface area contributed by atoms with E-state index in [1.807, 2.05) is 29.2 Å². The highest BCUT2D eigenvalue weighted by atomic mass is 16.6. The van der Waals surface area contributed by atoms with Crippen LogP contribution in [0.2, 0.25) is 0 Å². The van der Waals surface area contributed by atoms with E-state index < -0.39 is 0 Å². The third kappa shape index (κ3) is 2.65. The van der Waals surface area contributed by atoms with Crippen LogP contribution in [0.4, 0.5) is 0 Å². The monoisotopic (exact) mass is 313 g/mol. The number of hydrogen-bond acceptors (Lipinski definition) is 4. The third-order valence-electron chi connectivity index (χ3n) is 4.47. The molecule has 0 radical (unpaired) electrons. The first kappa shape index (κ1) is 14.1. The Kier molecular flexibility index (Phi) is 3.65. The third-order valence-corrected chi connectivity index (χ3v) is 4.47. The number of aromatic nitrogens is 2. The second-order valence-electron chi connectivity index (χ2n) is 5.93. The number of carbonyl (C=O) groups excluding carboxylic acids is 1. The number of amides is 1. The SMILES string of the molecule is O=C(c1cccc2c1OCCO2)N1CCC[C@H](c2ccn[nH]2)C1. The molecule has 0 aliphatic carbocycles. The summed E-state index contributed by atoms with van der Waals surface area (Å²) in [5, 5.41) is 7.04. The largest absolute Gasteiger partial charge is 0.486 e. The van der Waals surface area contributed by atoms with Crippen molar-refractivity contribution in [2.75, 3.05) is 26.3 Å². The van der Waals surface area contributed by atoms with Crippen LogP contribution in [-0.2, 0) is 0 Å². The number of nitrogens with one attached hydrogen (secondary N) is 1. The summed E-state index contributed by atoms with van der Waals surface area (Å²) >= 11 is 0. The van der Waals surface area contributed by atoms with Crippen molar-refractivity contribution in [3.05, 3.63) is 41.7 Å².